The third-order valence-corrected chi connectivity index (χ3v) is 3.37. The van der Waals surface area contributed by atoms with Crippen molar-refractivity contribution in [1.82, 2.24) is 14.9 Å². The molecular formula is C12H23N3S. The van der Waals surface area contributed by atoms with Gasteiger partial charge in [0.05, 0.1) is 12.0 Å². The number of nitrogens with one attached hydrogen (secondary N) is 1. The lowest BCUT2D eigenvalue weighted by Crippen LogP contribution is -2.16. The fourth-order valence-corrected chi connectivity index (χ4v) is 2.11. The molecule has 0 aliphatic rings. The van der Waals surface area contributed by atoms with Gasteiger partial charge in [0, 0.05) is 19.8 Å². The molecule has 0 fully saturated rings. The number of thioether (sulfide) groups is 1. The van der Waals surface area contributed by atoms with Gasteiger partial charge in [-0.05, 0) is 31.4 Å². The number of aryl methyl sites for hydroxylation is 1. The maximum Gasteiger partial charge on any atom is 0.0945 e. The van der Waals surface area contributed by atoms with Gasteiger partial charge in [-0.1, -0.05) is 12.8 Å². The summed E-state index contributed by atoms with van der Waals surface area (Å²) in [7, 11) is 2.03. The summed E-state index contributed by atoms with van der Waals surface area (Å²) >= 11 is 1.94. The molecule has 0 radical (unpaired) electrons. The first-order valence-corrected chi connectivity index (χ1v) is 7.39. The molecule has 0 amide bonds. The minimum Gasteiger partial charge on any atom is -0.337 e. The fourth-order valence-electron chi connectivity index (χ4n) is 1.62. The van der Waals surface area contributed by atoms with Gasteiger partial charge in [-0.2, -0.15) is 11.8 Å². The number of imidazole rings is 1. The third-order valence-electron chi connectivity index (χ3n) is 2.67. The summed E-state index contributed by atoms with van der Waals surface area (Å²) in [6.07, 6.45) is 11.3. The average Bonchev–Trinajstić information content (AvgIpc) is 2.68. The lowest BCUT2D eigenvalue weighted by atomic mass is 10.2. The zero-order valence-electron chi connectivity index (χ0n) is 10.4. The van der Waals surface area contributed by atoms with E-state index in [1.807, 2.05) is 31.3 Å². The van der Waals surface area contributed by atoms with Gasteiger partial charge in [0.2, 0.25) is 0 Å². The molecule has 0 spiro atoms. The van der Waals surface area contributed by atoms with Crippen LogP contribution in [0.15, 0.2) is 12.5 Å². The molecule has 1 heterocycles. The number of rotatable bonds is 9. The molecule has 0 aromatic carbocycles. The molecule has 0 atom stereocenters. The van der Waals surface area contributed by atoms with E-state index in [0.29, 0.717) is 0 Å². The Morgan fingerprint density at radius 1 is 1.31 bits per heavy atom. The molecule has 1 aromatic heterocycles. The van der Waals surface area contributed by atoms with Crippen LogP contribution >= 0.6 is 11.8 Å². The topological polar surface area (TPSA) is 29.9 Å². The van der Waals surface area contributed by atoms with Gasteiger partial charge >= 0.3 is 0 Å². The van der Waals surface area contributed by atoms with Crippen LogP contribution in [0.2, 0.25) is 0 Å². The Kier molecular flexibility index (Phi) is 7.34. The van der Waals surface area contributed by atoms with E-state index in [-0.39, 0.29) is 0 Å². The Morgan fingerprint density at radius 3 is 2.81 bits per heavy atom. The summed E-state index contributed by atoms with van der Waals surface area (Å²) in [5, 5.41) is 3.45. The van der Waals surface area contributed by atoms with Crippen molar-refractivity contribution in [2.24, 2.45) is 7.05 Å². The van der Waals surface area contributed by atoms with Gasteiger partial charge in [-0.15, -0.1) is 0 Å². The second-order valence-electron chi connectivity index (χ2n) is 4.08. The van der Waals surface area contributed by atoms with Crippen molar-refractivity contribution in [1.29, 1.82) is 0 Å². The van der Waals surface area contributed by atoms with E-state index in [4.69, 9.17) is 0 Å². The summed E-state index contributed by atoms with van der Waals surface area (Å²) in [6.45, 7) is 2.05. The lowest BCUT2D eigenvalue weighted by molar-refractivity contribution is 0.587. The number of hydrogen-bond donors (Lipinski definition) is 1. The molecule has 0 saturated heterocycles. The molecule has 1 rings (SSSR count). The summed E-state index contributed by atoms with van der Waals surface area (Å²) in [5.41, 5.74) is 1.25. The Labute approximate surface area is 103 Å². The highest BCUT2D eigenvalue weighted by Gasteiger charge is 1.96. The van der Waals surface area contributed by atoms with Crippen molar-refractivity contribution in [2.75, 3.05) is 18.6 Å². The second kappa shape index (κ2) is 8.65. The lowest BCUT2D eigenvalue weighted by Gasteiger charge is -2.05. The molecule has 4 heteroatoms. The molecule has 0 saturated carbocycles. The first-order valence-electron chi connectivity index (χ1n) is 5.99. The van der Waals surface area contributed by atoms with Crippen molar-refractivity contribution in [3.05, 3.63) is 18.2 Å². The zero-order chi connectivity index (χ0) is 11.6. The highest BCUT2D eigenvalue weighted by molar-refractivity contribution is 7.98. The Balaban J connectivity index is 1.91. The first kappa shape index (κ1) is 13.6. The van der Waals surface area contributed by atoms with Crippen molar-refractivity contribution in [3.63, 3.8) is 0 Å². The highest BCUT2D eigenvalue weighted by Crippen LogP contribution is 2.04. The molecule has 1 N–H and O–H groups in total. The Morgan fingerprint density at radius 2 is 2.12 bits per heavy atom. The summed E-state index contributed by atoms with van der Waals surface area (Å²) < 4.78 is 2.06. The molecule has 1 aromatic rings. The van der Waals surface area contributed by atoms with Crippen LogP contribution in [0.25, 0.3) is 0 Å². The molecule has 0 unspecified atom stereocenters. The van der Waals surface area contributed by atoms with Crippen molar-refractivity contribution in [3.8, 4) is 0 Å². The predicted octanol–water partition coefficient (Wildman–Crippen LogP) is 2.43. The summed E-state index contributed by atoms with van der Waals surface area (Å²) in [4.78, 5) is 4.09. The van der Waals surface area contributed by atoms with Gasteiger partial charge in [0.1, 0.15) is 0 Å². The molecule has 3 nitrogen and oxygen atoms in total. The number of nitrogens with zero attached hydrogens (tertiary/aromatic N) is 2. The molecule has 0 aliphatic carbocycles. The molecule has 0 bridgehead atoms. The van der Waals surface area contributed by atoms with Crippen LogP contribution in [-0.4, -0.2) is 28.1 Å². The Hall–Kier alpha value is -0.480. The Bertz CT molecular complexity index is 273. The van der Waals surface area contributed by atoms with Crippen LogP contribution in [0.1, 0.15) is 31.4 Å². The van der Waals surface area contributed by atoms with E-state index in [1.165, 1.54) is 37.1 Å². The van der Waals surface area contributed by atoms with E-state index < -0.39 is 0 Å². The van der Waals surface area contributed by atoms with Crippen LogP contribution in [-0.2, 0) is 13.6 Å². The standard InChI is InChI=1S/C12H23N3S/c1-15-11-14-10-12(15)9-13-7-5-3-4-6-8-16-2/h10-11,13H,3-9H2,1-2H3. The zero-order valence-corrected chi connectivity index (χ0v) is 11.2. The molecule has 0 aliphatic heterocycles. The number of unbranched alkanes of at least 4 members (excludes halogenated alkanes) is 3. The normalized spacial score (nSPS) is 10.9. The van der Waals surface area contributed by atoms with Crippen LogP contribution in [0.5, 0.6) is 0 Å². The maximum absolute atomic E-state index is 4.09. The number of hydrogen-bond acceptors (Lipinski definition) is 3. The average molecular weight is 241 g/mol. The van der Waals surface area contributed by atoms with E-state index in [9.17, 15) is 0 Å². The van der Waals surface area contributed by atoms with Crippen molar-refractivity contribution < 1.29 is 0 Å². The quantitative estimate of drug-likeness (QED) is 0.673. The monoisotopic (exact) mass is 241 g/mol. The molecule has 92 valence electrons. The van der Waals surface area contributed by atoms with Crippen molar-refractivity contribution in [2.45, 2.75) is 32.2 Å². The van der Waals surface area contributed by atoms with Gasteiger partial charge in [-0.3, -0.25) is 0 Å². The maximum atomic E-state index is 4.09. The first-order chi connectivity index (χ1) is 7.84. The molecule has 16 heavy (non-hydrogen) atoms. The SMILES string of the molecule is CSCCCCCCNCc1cncn1C. The van der Waals surface area contributed by atoms with Gasteiger partial charge in [0.25, 0.3) is 0 Å². The van der Waals surface area contributed by atoms with Gasteiger partial charge in [-0.25, -0.2) is 4.98 Å². The van der Waals surface area contributed by atoms with Crippen LogP contribution < -0.4 is 5.32 Å². The predicted molar refractivity (Wildman–Crippen MR) is 71.8 cm³/mol. The molecular weight excluding hydrogens is 218 g/mol. The second-order valence-corrected chi connectivity index (χ2v) is 5.07. The highest BCUT2D eigenvalue weighted by atomic mass is 32.2. The van der Waals surface area contributed by atoms with Gasteiger partial charge < -0.3 is 9.88 Å². The van der Waals surface area contributed by atoms with Crippen LogP contribution in [0.4, 0.5) is 0 Å². The van der Waals surface area contributed by atoms with Crippen LogP contribution in [0, 0.1) is 0 Å². The van der Waals surface area contributed by atoms with Crippen LogP contribution in [0.3, 0.4) is 0 Å². The summed E-state index contributed by atoms with van der Waals surface area (Å²) in [6, 6.07) is 0. The van der Waals surface area contributed by atoms with E-state index in [1.54, 1.807) is 0 Å². The summed E-state index contributed by atoms with van der Waals surface area (Å²) in [5.74, 6) is 1.31. The minimum absolute atomic E-state index is 0.932. The van der Waals surface area contributed by atoms with E-state index in [2.05, 4.69) is 21.1 Å². The van der Waals surface area contributed by atoms with E-state index in [0.717, 1.165) is 13.1 Å². The number of aromatic nitrogens is 2. The van der Waals surface area contributed by atoms with Gasteiger partial charge in [0.15, 0.2) is 0 Å². The van der Waals surface area contributed by atoms with Crippen molar-refractivity contribution >= 4 is 11.8 Å². The fraction of sp³-hybridized carbons (Fsp3) is 0.750. The minimum atomic E-state index is 0.932. The smallest absolute Gasteiger partial charge is 0.0945 e. The van der Waals surface area contributed by atoms with E-state index >= 15 is 0 Å². The largest absolute Gasteiger partial charge is 0.337 e. The third kappa shape index (κ3) is 5.56.